The summed E-state index contributed by atoms with van der Waals surface area (Å²) in [6, 6.07) is 3.12. The second-order valence-electron chi connectivity index (χ2n) is 3.79. The predicted octanol–water partition coefficient (Wildman–Crippen LogP) is 0.373. The number of amides is 2. The maximum absolute atomic E-state index is 11.6. The van der Waals surface area contributed by atoms with Crippen LogP contribution >= 0.6 is 12.2 Å². The minimum atomic E-state index is -0.362. The number of carbonyl (C=O) groups is 2. The van der Waals surface area contributed by atoms with E-state index in [0.717, 1.165) is 0 Å². The normalized spacial score (nSPS) is 9.72. The van der Waals surface area contributed by atoms with E-state index in [2.05, 4.69) is 21.2 Å². The summed E-state index contributed by atoms with van der Waals surface area (Å²) in [7, 11) is 0. The second-order valence-corrected chi connectivity index (χ2v) is 4.20. The first-order valence-electron chi connectivity index (χ1n) is 5.32. The Bertz CT molecular complexity index is 448. The molecule has 0 aromatic carbocycles. The van der Waals surface area contributed by atoms with Crippen LogP contribution < -0.4 is 16.2 Å². The molecule has 6 nitrogen and oxygen atoms in total. The van der Waals surface area contributed by atoms with Crippen LogP contribution in [0.2, 0.25) is 0 Å². The first kappa shape index (κ1) is 14.0. The van der Waals surface area contributed by atoms with E-state index in [4.69, 9.17) is 12.2 Å². The molecule has 0 atom stereocenters. The molecule has 0 saturated carbocycles. The van der Waals surface area contributed by atoms with Crippen molar-refractivity contribution in [1.29, 1.82) is 0 Å². The molecule has 3 N–H and O–H groups in total. The topological polar surface area (TPSA) is 83.1 Å². The van der Waals surface area contributed by atoms with E-state index in [1.807, 2.05) is 0 Å². The van der Waals surface area contributed by atoms with Gasteiger partial charge in [0.15, 0.2) is 5.11 Å². The lowest BCUT2D eigenvalue weighted by Crippen LogP contribution is -2.49. The number of nitrogens with zero attached hydrogens (tertiary/aromatic N) is 1. The van der Waals surface area contributed by atoms with E-state index in [9.17, 15) is 9.59 Å². The molecule has 0 aliphatic heterocycles. The fraction of sp³-hybridized carbons (Fsp3) is 0.273. The molecule has 0 fully saturated rings. The van der Waals surface area contributed by atoms with E-state index in [1.165, 1.54) is 12.4 Å². The molecule has 0 unspecified atom stereocenters. The molecule has 18 heavy (non-hydrogen) atoms. The van der Waals surface area contributed by atoms with Gasteiger partial charge in [0, 0.05) is 23.9 Å². The summed E-state index contributed by atoms with van der Waals surface area (Å²) < 4.78 is 0. The Morgan fingerprint density at radius 3 is 2.39 bits per heavy atom. The zero-order valence-corrected chi connectivity index (χ0v) is 10.9. The van der Waals surface area contributed by atoms with Crippen molar-refractivity contribution in [3.05, 3.63) is 30.1 Å². The van der Waals surface area contributed by atoms with Crippen LogP contribution in [0.5, 0.6) is 0 Å². The Morgan fingerprint density at radius 2 is 1.83 bits per heavy atom. The van der Waals surface area contributed by atoms with Crippen LogP contribution in [0.1, 0.15) is 24.2 Å². The number of hydrogen-bond acceptors (Lipinski definition) is 4. The quantitative estimate of drug-likeness (QED) is 0.532. The van der Waals surface area contributed by atoms with Gasteiger partial charge in [0.2, 0.25) is 5.91 Å². The minimum Gasteiger partial charge on any atom is -0.302 e. The molecular formula is C11H14N4O2S. The number of pyridine rings is 1. The first-order chi connectivity index (χ1) is 8.50. The van der Waals surface area contributed by atoms with Gasteiger partial charge in [0.1, 0.15) is 0 Å². The van der Waals surface area contributed by atoms with Crippen LogP contribution in [0.25, 0.3) is 0 Å². The van der Waals surface area contributed by atoms with Gasteiger partial charge in [-0.2, -0.15) is 0 Å². The number of hydrogen-bond donors (Lipinski definition) is 3. The Morgan fingerprint density at radius 1 is 1.22 bits per heavy atom. The van der Waals surface area contributed by atoms with Crippen LogP contribution in [0.4, 0.5) is 0 Å². The third-order valence-corrected chi connectivity index (χ3v) is 2.20. The molecule has 1 rings (SSSR count). The molecule has 1 aromatic rings. The number of nitrogens with one attached hydrogen (secondary N) is 3. The molecular weight excluding hydrogens is 252 g/mol. The molecule has 1 heterocycles. The largest absolute Gasteiger partial charge is 0.302 e. The number of carbonyl (C=O) groups excluding carboxylic acids is 2. The van der Waals surface area contributed by atoms with Crippen LogP contribution in [-0.2, 0) is 4.79 Å². The van der Waals surface area contributed by atoms with Gasteiger partial charge in [0.05, 0.1) is 0 Å². The number of rotatable bonds is 2. The Kier molecular flexibility index (Phi) is 5.19. The van der Waals surface area contributed by atoms with Crippen LogP contribution in [0.3, 0.4) is 0 Å². The molecule has 1 aromatic heterocycles. The summed E-state index contributed by atoms with van der Waals surface area (Å²) in [5.74, 6) is -0.759. The summed E-state index contributed by atoms with van der Waals surface area (Å²) in [5, 5.41) is 2.49. The summed E-state index contributed by atoms with van der Waals surface area (Å²) >= 11 is 4.85. The molecule has 96 valence electrons. The average Bonchev–Trinajstić information content (AvgIpc) is 2.36. The fourth-order valence-corrected chi connectivity index (χ4v) is 1.13. The first-order valence-corrected chi connectivity index (χ1v) is 5.72. The smallest absolute Gasteiger partial charge is 0.269 e. The van der Waals surface area contributed by atoms with Crippen molar-refractivity contribution >= 4 is 29.1 Å². The van der Waals surface area contributed by atoms with Gasteiger partial charge >= 0.3 is 0 Å². The van der Waals surface area contributed by atoms with Crippen molar-refractivity contribution in [2.45, 2.75) is 13.8 Å². The van der Waals surface area contributed by atoms with Gasteiger partial charge in [-0.05, 0) is 24.4 Å². The van der Waals surface area contributed by atoms with E-state index in [0.29, 0.717) is 5.56 Å². The number of hydrazine groups is 1. The molecule has 7 heteroatoms. The van der Waals surface area contributed by atoms with Gasteiger partial charge < -0.3 is 5.32 Å². The maximum Gasteiger partial charge on any atom is 0.269 e. The molecule has 0 radical (unpaired) electrons. The summed E-state index contributed by atoms with van der Waals surface area (Å²) in [6.45, 7) is 3.49. The van der Waals surface area contributed by atoms with Gasteiger partial charge in [-0.3, -0.25) is 25.4 Å². The molecule has 2 amide bonds. The van der Waals surface area contributed by atoms with Crippen molar-refractivity contribution in [2.75, 3.05) is 0 Å². The molecule has 0 saturated heterocycles. The standard InChI is InChI=1S/C11H14N4O2S/c1-7(2)9(16)13-11(18)15-14-10(17)8-3-5-12-6-4-8/h3-7H,1-2H3,(H,14,17)(H2,13,15,16,18). The Hall–Kier alpha value is -2.02. The molecule has 0 bridgehead atoms. The lowest BCUT2D eigenvalue weighted by molar-refractivity contribution is -0.122. The van der Waals surface area contributed by atoms with Gasteiger partial charge in [-0.15, -0.1) is 0 Å². The highest BCUT2D eigenvalue weighted by Gasteiger charge is 2.09. The molecule has 0 aliphatic carbocycles. The lowest BCUT2D eigenvalue weighted by atomic mass is 10.2. The van der Waals surface area contributed by atoms with Crippen molar-refractivity contribution < 1.29 is 9.59 Å². The Labute approximate surface area is 110 Å². The zero-order chi connectivity index (χ0) is 13.5. The highest BCUT2D eigenvalue weighted by atomic mass is 32.1. The van der Waals surface area contributed by atoms with E-state index < -0.39 is 0 Å². The third-order valence-electron chi connectivity index (χ3n) is 1.99. The average molecular weight is 266 g/mol. The van der Waals surface area contributed by atoms with Crippen molar-refractivity contribution in [3.8, 4) is 0 Å². The lowest BCUT2D eigenvalue weighted by Gasteiger charge is -2.11. The van der Waals surface area contributed by atoms with Gasteiger partial charge in [0.25, 0.3) is 5.91 Å². The van der Waals surface area contributed by atoms with E-state index in [1.54, 1.807) is 26.0 Å². The van der Waals surface area contributed by atoms with Crippen molar-refractivity contribution in [1.82, 2.24) is 21.2 Å². The minimum absolute atomic E-state index is 0.0520. The van der Waals surface area contributed by atoms with Crippen molar-refractivity contribution in [3.63, 3.8) is 0 Å². The van der Waals surface area contributed by atoms with Gasteiger partial charge in [-0.1, -0.05) is 13.8 Å². The summed E-state index contributed by atoms with van der Waals surface area (Å²) in [4.78, 5) is 26.7. The fourth-order valence-electron chi connectivity index (χ4n) is 0.976. The highest BCUT2D eigenvalue weighted by Crippen LogP contribution is 1.94. The van der Waals surface area contributed by atoms with Crippen LogP contribution in [0.15, 0.2) is 24.5 Å². The van der Waals surface area contributed by atoms with Crippen LogP contribution in [-0.4, -0.2) is 21.9 Å². The third kappa shape index (κ3) is 4.46. The summed E-state index contributed by atoms with van der Waals surface area (Å²) in [6.07, 6.45) is 3.02. The zero-order valence-electron chi connectivity index (χ0n) is 10.1. The van der Waals surface area contributed by atoms with Crippen molar-refractivity contribution in [2.24, 2.45) is 5.92 Å². The predicted molar refractivity (Wildman–Crippen MR) is 70.4 cm³/mol. The maximum atomic E-state index is 11.6. The van der Waals surface area contributed by atoms with E-state index in [-0.39, 0.29) is 22.8 Å². The summed E-state index contributed by atoms with van der Waals surface area (Å²) in [5.41, 5.74) is 5.26. The molecule has 0 spiro atoms. The van der Waals surface area contributed by atoms with Gasteiger partial charge in [-0.25, -0.2) is 0 Å². The highest BCUT2D eigenvalue weighted by molar-refractivity contribution is 7.80. The van der Waals surface area contributed by atoms with E-state index >= 15 is 0 Å². The Balaban J connectivity index is 2.40. The number of aromatic nitrogens is 1. The molecule has 0 aliphatic rings. The SMILES string of the molecule is CC(C)C(=O)NC(=S)NNC(=O)c1ccncc1. The second kappa shape index (κ2) is 6.65. The van der Waals surface area contributed by atoms with Crippen LogP contribution in [0, 0.1) is 5.92 Å². The monoisotopic (exact) mass is 266 g/mol. The number of thiocarbonyl (C=S) groups is 1.